The van der Waals surface area contributed by atoms with Crippen LogP contribution < -0.4 is 4.90 Å². The summed E-state index contributed by atoms with van der Waals surface area (Å²) >= 11 is 0. The van der Waals surface area contributed by atoms with Gasteiger partial charge in [-0.05, 0) is 12.5 Å². The normalized spacial score (nSPS) is 10.4. The van der Waals surface area contributed by atoms with Crippen molar-refractivity contribution < 1.29 is 4.39 Å². The van der Waals surface area contributed by atoms with Crippen LogP contribution >= 0.6 is 0 Å². The Morgan fingerprint density at radius 1 is 1.22 bits per heavy atom. The molecule has 2 rings (SSSR count). The first-order valence-corrected chi connectivity index (χ1v) is 5.96. The van der Waals surface area contributed by atoms with E-state index in [1.54, 1.807) is 18.5 Å². The van der Waals surface area contributed by atoms with Gasteiger partial charge in [0.25, 0.3) is 0 Å². The van der Waals surface area contributed by atoms with Crippen LogP contribution in [0.1, 0.15) is 18.2 Å². The smallest absolute Gasteiger partial charge is 0.132 e. The molecular weight excluding hydrogens is 229 g/mol. The second-order valence-electron chi connectivity index (χ2n) is 4.17. The van der Waals surface area contributed by atoms with Gasteiger partial charge in [0.2, 0.25) is 0 Å². The first kappa shape index (κ1) is 12.5. The molecule has 0 aliphatic heterocycles. The summed E-state index contributed by atoms with van der Waals surface area (Å²) in [5, 5.41) is 0. The van der Waals surface area contributed by atoms with E-state index in [-0.39, 0.29) is 5.82 Å². The van der Waals surface area contributed by atoms with Crippen molar-refractivity contribution in [3.8, 4) is 0 Å². The van der Waals surface area contributed by atoms with Crippen molar-refractivity contribution in [1.29, 1.82) is 0 Å². The second-order valence-corrected chi connectivity index (χ2v) is 4.17. The molecule has 1 aromatic heterocycles. The highest BCUT2D eigenvalue weighted by atomic mass is 19.1. The Bertz CT molecular complexity index is 528. The van der Waals surface area contributed by atoms with Gasteiger partial charge in [-0.1, -0.05) is 25.1 Å². The van der Waals surface area contributed by atoms with Crippen molar-refractivity contribution in [3.05, 3.63) is 53.7 Å². The third-order valence-corrected chi connectivity index (χ3v) is 2.83. The monoisotopic (exact) mass is 245 g/mol. The van der Waals surface area contributed by atoms with E-state index in [2.05, 4.69) is 9.97 Å². The maximum Gasteiger partial charge on any atom is 0.132 e. The van der Waals surface area contributed by atoms with Crippen molar-refractivity contribution in [2.45, 2.75) is 19.9 Å². The molecule has 0 radical (unpaired) electrons. The van der Waals surface area contributed by atoms with Crippen molar-refractivity contribution in [3.63, 3.8) is 0 Å². The van der Waals surface area contributed by atoms with Crippen LogP contribution in [0.4, 0.5) is 10.2 Å². The number of halogens is 1. The zero-order valence-electron chi connectivity index (χ0n) is 10.6. The number of hydrogen-bond donors (Lipinski definition) is 0. The number of benzene rings is 1. The van der Waals surface area contributed by atoms with Gasteiger partial charge in [-0.3, -0.25) is 0 Å². The Kier molecular flexibility index (Phi) is 3.87. The predicted octanol–water partition coefficient (Wildman–Crippen LogP) is 2.81. The molecule has 3 nitrogen and oxygen atoms in total. The SMILES string of the molecule is CCc1cc(N(C)Cc2ccccc2F)ncn1. The summed E-state index contributed by atoms with van der Waals surface area (Å²) in [6, 6.07) is 8.72. The molecule has 0 saturated heterocycles. The highest BCUT2D eigenvalue weighted by Crippen LogP contribution is 2.15. The van der Waals surface area contributed by atoms with Gasteiger partial charge in [-0.25, -0.2) is 14.4 Å². The summed E-state index contributed by atoms with van der Waals surface area (Å²) in [6.45, 7) is 2.54. The minimum Gasteiger partial charge on any atom is -0.355 e. The van der Waals surface area contributed by atoms with Crippen LogP contribution in [0.25, 0.3) is 0 Å². The van der Waals surface area contributed by atoms with Gasteiger partial charge in [0, 0.05) is 30.9 Å². The van der Waals surface area contributed by atoms with E-state index in [0.717, 1.165) is 17.9 Å². The third kappa shape index (κ3) is 2.83. The quantitative estimate of drug-likeness (QED) is 0.829. The molecule has 0 aliphatic carbocycles. The van der Waals surface area contributed by atoms with Crippen LogP contribution in [-0.4, -0.2) is 17.0 Å². The lowest BCUT2D eigenvalue weighted by Crippen LogP contribution is -2.18. The standard InChI is InChI=1S/C14H16FN3/c1-3-12-8-14(17-10-16-12)18(2)9-11-6-4-5-7-13(11)15/h4-8,10H,3,9H2,1-2H3. The van der Waals surface area contributed by atoms with Gasteiger partial charge < -0.3 is 4.90 Å². The number of rotatable bonds is 4. The van der Waals surface area contributed by atoms with Gasteiger partial charge >= 0.3 is 0 Å². The maximum absolute atomic E-state index is 13.6. The highest BCUT2D eigenvalue weighted by Gasteiger charge is 2.07. The fourth-order valence-electron chi connectivity index (χ4n) is 1.75. The van der Waals surface area contributed by atoms with Gasteiger partial charge in [0.05, 0.1) is 0 Å². The zero-order valence-corrected chi connectivity index (χ0v) is 10.6. The fraction of sp³-hybridized carbons (Fsp3) is 0.286. The largest absolute Gasteiger partial charge is 0.355 e. The van der Waals surface area contributed by atoms with E-state index in [1.807, 2.05) is 31.0 Å². The molecule has 0 spiro atoms. The van der Waals surface area contributed by atoms with Crippen LogP contribution in [0.3, 0.4) is 0 Å². The molecule has 0 atom stereocenters. The van der Waals surface area contributed by atoms with E-state index in [4.69, 9.17) is 0 Å². The Morgan fingerprint density at radius 3 is 2.72 bits per heavy atom. The van der Waals surface area contributed by atoms with Crippen molar-refractivity contribution >= 4 is 5.82 Å². The van der Waals surface area contributed by atoms with Gasteiger partial charge in [-0.15, -0.1) is 0 Å². The number of aromatic nitrogens is 2. The number of aryl methyl sites for hydroxylation is 1. The van der Waals surface area contributed by atoms with E-state index in [1.165, 1.54) is 6.07 Å². The van der Waals surface area contributed by atoms with Gasteiger partial charge in [0.1, 0.15) is 18.0 Å². The Labute approximate surface area is 106 Å². The molecule has 4 heteroatoms. The molecule has 0 saturated carbocycles. The van der Waals surface area contributed by atoms with Crippen molar-refractivity contribution in [2.75, 3.05) is 11.9 Å². The summed E-state index contributed by atoms with van der Waals surface area (Å²) in [7, 11) is 1.90. The minimum absolute atomic E-state index is 0.186. The molecule has 0 N–H and O–H groups in total. The molecule has 2 aromatic rings. The summed E-state index contributed by atoms with van der Waals surface area (Å²) < 4.78 is 13.6. The maximum atomic E-state index is 13.6. The van der Waals surface area contributed by atoms with E-state index in [0.29, 0.717) is 12.1 Å². The summed E-state index contributed by atoms with van der Waals surface area (Å²) in [6.07, 6.45) is 2.41. The molecule has 0 bridgehead atoms. The van der Waals surface area contributed by atoms with E-state index in [9.17, 15) is 4.39 Å². The number of nitrogens with zero attached hydrogens (tertiary/aromatic N) is 3. The van der Waals surface area contributed by atoms with Gasteiger partial charge in [-0.2, -0.15) is 0 Å². The minimum atomic E-state index is -0.186. The fourth-order valence-corrected chi connectivity index (χ4v) is 1.75. The molecule has 94 valence electrons. The summed E-state index contributed by atoms with van der Waals surface area (Å²) in [4.78, 5) is 10.3. The van der Waals surface area contributed by atoms with Crippen LogP contribution in [0.15, 0.2) is 36.7 Å². The third-order valence-electron chi connectivity index (χ3n) is 2.83. The lowest BCUT2D eigenvalue weighted by molar-refractivity contribution is 0.607. The summed E-state index contributed by atoms with van der Waals surface area (Å²) in [5.74, 6) is 0.624. The molecule has 1 aromatic carbocycles. The Hall–Kier alpha value is -1.97. The van der Waals surface area contributed by atoms with Gasteiger partial charge in [0.15, 0.2) is 0 Å². The average Bonchev–Trinajstić information content (AvgIpc) is 2.41. The van der Waals surface area contributed by atoms with Crippen LogP contribution in [0, 0.1) is 5.82 Å². The molecular formula is C14H16FN3. The first-order chi connectivity index (χ1) is 8.70. The Balaban J connectivity index is 2.16. The van der Waals surface area contributed by atoms with Crippen LogP contribution in [-0.2, 0) is 13.0 Å². The second kappa shape index (κ2) is 5.58. The average molecular weight is 245 g/mol. The van der Waals surface area contributed by atoms with Crippen molar-refractivity contribution in [1.82, 2.24) is 9.97 Å². The molecule has 0 amide bonds. The predicted molar refractivity (Wildman–Crippen MR) is 69.9 cm³/mol. The molecule has 1 heterocycles. The lowest BCUT2D eigenvalue weighted by atomic mass is 10.2. The summed E-state index contributed by atoms with van der Waals surface area (Å²) in [5.41, 5.74) is 1.65. The van der Waals surface area contributed by atoms with Crippen LogP contribution in [0.5, 0.6) is 0 Å². The number of anilines is 1. The first-order valence-electron chi connectivity index (χ1n) is 5.96. The van der Waals surface area contributed by atoms with E-state index >= 15 is 0 Å². The van der Waals surface area contributed by atoms with Crippen molar-refractivity contribution in [2.24, 2.45) is 0 Å². The topological polar surface area (TPSA) is 29.0 Å². The Morgan fingerprint density at radius 2 is 2.00 bits per heavy atom. The molecule has 0 aliphatic rings. The molecule has 0 unspecified atom stereocenters. The molecule has 0 fully saturated rings. The molecule has 18 heavy (non-hydrogen) atoms. The van der Waals surface area contributed by atoms with Crippen LogP contribution in [0.2, 0.25) is 0 Å². The lowest BCUT2D eigenvalue weighted by Gasteiger charge is -2.18. The number of hydrogen-bond acceptors (Lipinski definition) is 3. The highest BCUT2D eigenvalue weighted by molar-refractivity contribution is 5.39. The van der Waals surface area contributed by atoms with E-state index < -0.39 is 0 Å². The zero-order chi connectivity index (χ0) is 13.0.